The molecule has 0 radical (unpaired) electrons. The molecule has 4 aliphatic rings. The van der Waals surface area contributed by atoms with Gasteiger partial charge < -0.3 is 15.5 Å². The molecular weight excluding hydrogens is 250 g/mol. The van der Waals surface area contributed by atoms with Crippen molar-refractivity contribution in [2.45, 2.75) is 25.3 Å². The van der Waals surface area contributed by atoms with E-state index >= 15 is 0 Å². The molecule has 0 aliphatic carbocycles. The van der Waals surface area contributed by atoms with Crippen LogP contribution in [0.3, 0.4) is 0 Å². The number of piperidine rings is 3. The lowest BCUT2D eigenvalue weighted by atomic mass is 9.84. The van der Waals surface area contributed by atoms with Crippen molar-refractivity contribution >= 4 is 11.6 Å². The predicted molar refractivity (Wildman–Crippen MR) is 79.1 cm³/mol. The summed E-state index contributed by atoms with van der Waals surface area (Å²) in [5, 5.41) is 6.59. The molecule has 1 atom stereocenters. The molecule has 2 bridgehead atoms. The summed E-state index contributed by atoms with van der Waals surface area (Å²) in [6.07, 6.45) is 3.53. The molecule has 4 heteroatoms. The molecule has 0 spiro atoms. The number of fused-ring (bicyclic) bond motifs is 4. The lowest BCUT2D eigenvalue weighted by Crippen LogP contribution is -2.57. The number of carbonyl (C=O) groups excluding carboxylic acids is 1. The maximum Gasteiger partial charge on any atom is 0.251 e. The van der Waals surface area contributed by atoms with Gasteiger partial charge >= 0.3 is 0 Å². The van der Waals surface area contributed by atoms with Crippen molar-refractivity contribution in [2.24, 2.45) is 5.92 Å². The van der Waals surface area contributed by atoms with E-state index in [0.717, 1.165) is 30.8 Å². The fourth-order valence-electron chi connectivity index (χ4n) is 3.81. The molecule has 5 rings (SSSR count). The van der Waals surface area contributed by atoms with E-state index in [1.165, 1.54) is 31.5 Å². The average molecular weight is 271 g/mol. The van der Waals surface area contributed by atoms with Crippen molar-refractivity contribution in [2.75, 3.05) is 31.5 Å². The maximum atomic E-state index is 12.4. The Bertz CT molecular complexity index is 535. The minimum atomic E-state index is 0.0836. The lowest BCUT2D eigenvalue weighted by Gasteiger charge is -2.44. The molecule has 4 nitrogen and oxygen atoms in total. The topological polar surface area (TPSA) is 44.4 Å². The second-order valence-electron chi connectivity index (χ2n) is 6.27. The second-order valence-corrected chi connectivity index (χ2v) is 6.27. The van der Waals surface area contributed by atoms with Crippen LogP contribution in [0.25, 0.3) is 0 Å². The van der Waals surface area contributed by atoms with E-state index in [1.54, 1.807) is 0 Å². The third kappa shape index (κ3) is 2.08. The van der Waals surface area contributed by atoms with Crippen LogP contribution < -0.4 is 10.6 Å². The Morgan fingerprint density at radius 3 is 2.90 bits per heavy atom. The Hall–Kier alpha value is -1.55. The van der Waals surface area contributed by atoms with Crippen molar-refractivity contribution in [1.29, 1.82) is 0 Å². The molecule has 1 aromatic rings. The van der Waals surface area contributed by atoms with Gasteiger partial charge in [-0.15, -0.1) is 0 Å². The SMILES string of the molecule is O=C(NC1CN2CCC1CC2)c1ccc2c(c1)NCC2. The van der Waals surface area contributed by atoms with Crippen LogP contribution >= 0.6 is 0 Å². The van der Waals surface area contributed by atoms with Crippen molar-refractivity contribution in [3.63, 3.8) is 0 Å². The Kier molecular flexibility index (Phi) is 2.91. The zero-order valence-corrected chi connectivity index (χ0v) is 11.7. The fourth-order valence-corrected chi connectivity index (χ4v) is 3.81. The number of nitrogens with zero attached hydrogens (tertiary/aromatic N) is 1. The number of hydrogen-bond acceptors (Lipinski definition) is 3. The normalized spacial score (nSPS) is 30.7. The van der Waals surface area contributed by atoms with Crippen LogP contribution in [0.5, 0.6) is 0 Å². The summed E-state index contributed by atoms with van der Waals surface area (Å²) in [4.78, 5) is 14.9. The number of anilines is 1. The zero-order valence-electron chi connectivity index (χ0n) is 11.7. The number of benzene rings is 1. The Morgan fingerprint density at radius 1 is 1.30 bits per heavy atom. The third-order valence-corrected chi connectivity index (χ3v) is 5.05. The minimum absolute atomic E-state index is 0.0836. The van der Waals surface area contributed by atoms with Crippen LogP contribution in [0.4, 0.5) is 5.69 Å². The Labute approximate surface area is 119 Å². The predicted octanol–water partition coefficient (Wildman–Crippen LogP) is 1.48. The summed E-state index contributed by atoms with van der Waals surface area (Å²) >= 11 is 0. The van der Waals surface area contributed by atoms with Crippen LogP contribution in [-0.2, 0) is 6.42 Å². The van der Waals surface area contributed by atoms with E-state index in [0.29, 0.717) is 12.0 Å². The summed E-state index contributed by atoms with van der Waals surface area (Å²) in [7, 11) is 0. The van der Waals surface area contributed by atoms with Gasteiger partial charge in [0.2, 0.25) is 0 Å². The van der Waals surface area contributed by atoms with E-state index in [-0.39, 0.29) is 5.91 Å². The number of amides is 1. The van der Waals surface area contributed by atoms with Crippen LogP contribution in [0.1, 0.15) is 28.8 Å². The first-order chi connectivity index (χ1) is 9.79. The van der Waals surface area contributed by atoms with Gasteiger partial charge in [0.15, 0.2) is 0 Å². The number of carbonyl (C=O) groups is 1. The number of nitrogens with one attached hydrogen (secondary N) is 2. The molecule has 3 fully saturated rings. The smallest absolute Gasteiger partial charge is 0.251 e. The minimum Gasteiger partial charge on any atom is -0.384 e. The van der Waals surface area contributed by atoms with Crippen LogP contribution in [0.15, 0.2) is 18.2 Å². The quantitative estimate of drug-likeness (QED) is 0.856. The van der Waals surface area contributed by atoms with Gasteiger partial charge in [-0.25, -0.2) is 0 Å². The number of rotatable bonds is 2. The molecule has 106 valence electrons. The average Bonchev–Trinajstić information content (AvgIpc) is 2.96. The molecule has 20 heavy (non-hydrogen) atoms. The molecule has 4 aliphatic heterocycles. The molecule has 2 N–H and O–H groups in total. The van der Waals surface area contributed by atoms with E-state index in [9.17, 15) is 4.79 Å². The summed E-state index contributed by atoms with van der Waals surface area (Å²) in [5.41, 5.74) is 3.24. The number of hydrogen-bond donors (Lipinski definition) is 2. The summed E-state index contributed by atoms with van der Waals surface area (Å²) in [5.74, 6) is 0.761. The van der Waals surface area contributed by atoms with Gasteiger partial charge in [-0.05, 0) is 56.0 Å². The first-order valence-electron chi connectivity index (χ1n) is 7.69. The van der Waals surface area contributed by atoms with E-state index in [2.05, 4.69) is 21.6 Å². The highest BCUT2D eigenvalue weighted by Gasteiger charge is 2.34. The van der Waals surface area contributed by atoms with Crippen molar-refractivity contribution in [3.8, 4) is 0 Å². The standard InChI is InChI=1S/C16H21N3O/c20-16(13-2-1-11-3-6-17-14(11)9-13)18-15-10-19-7-4-12(15)5-8-19/h1-2,9,12,15,17H,3-8,10H2,(H,18,20). The van der Waals surface area contributed by atoms with Gasteiger partial charge in [-0.2, -0.15) is 0 Å². The van der Waals surface area contributed by atoms with Crippen LogP contribution in [0.2, 0.25) is 0 Å². The molecule has 0 aromatic heterocycles. The molecule has 4 heterocycles. The van der Waals surface area contributed by atoms with Crippen molar-refractivity contribution < 1.29 is 4.79 Å². The summed E-state index contributed by atoms with van der Waals surface area (Å²) < 4.78 is 0. The lowest BCUT2D eigenvalue weighted by molar-refractivity contribution is 0.0620. The monoisotopic (exact) mass is 271 g/mol. The highest BCUT2D eigenvalue weighted by atomic mass is 16.1. The summed E-state index contributed by atoms with van der Waals surface area (Å²) in [6, 6.07) is 6.38. The Balaban J connectivity index is 1.48. The largest absolute Gasteiger partial charge is 0.384 e. The van der Waals surface area contributed by atoms with Gasteiger partial charge in [-0.3, -0.25) is 4.79 Å². The zero-order chi connectivity index (χ0) is 13.5. The molecule has 3 saturated heterocycles. The first kappa shape index (κ1) is 12.2. The molecular formula is C16H21N3O. The molecule has 1 amide bonds. The van der Waals surface area contributed by atoms with E-state index < -0.39 is 0 Å². The van der Waals surface area contributed by atoms with Crippen LogP contribution in [-0.4, -0.2) is 43.0 Å². The summed E-state index contributed by atoms with van der Waals surface area (Å²) in [6.45, 7) is 4.43. The van der Waals surface area contributed by atoms with Gasteiger partial charge in [-0.1, -0.05) is 6.07 Å². The van der Waals surface area contributed by atoms with Gasteiger partial charge in [0, 0.05) is 30.4 Å². The van der Waals surface area contributed by atoms with Gasteiger partial charge in [0.1, 0.15) is 0 Å². The van der Waals surface area contributed by atoms with E-state index in [4.69, 9.17) is 0 Å². The molecule has 1 aromatic carbocycles. The third-order valence-electron chi connectivity index (χ3n) is 5.05. The molecule has 0 saturated carbocycles. The highest BCUT2D eigenvalue weighted by Crippen LogP contribution is 2.28. The van der Waals surface area contributed by atoms with Gasteiger partial charge in [0.25, 0.3) is 5.91 Å². The van der Waals surface area contributed by atoms with Gasteiger partial charge in [0.05, 0.1) is 0 Å². The maximum absolute atomic E-state index is 12.4. The van der Waals surface area contributed by atoms with Crippen molar-refractivity contribution in [1.82, 2.24) is 10.2 Å². The van der Waals surface area contributed by atoms with Crippen LogP contribution in [0, 0.1) is 5.92 Å². The molecule has 1 unspecified atom stereocenters. The second kappa shape index (κ2) is 4.77. The first-order valence-corrected chi connectivity index (χ1v) is 7.69. The highest BCUT2D eigenvalue weighted by molar-refractivity contribution is 5.95. The Morgan fingerprint density at radius 2 is 2.15 bits per heavy atom. The van der Waals surface area contributed by atoms with Crippen molar-refractivity contribution in [3.05, 3.63) is 29.3 Å². The van der Waals surface area contributed by atoms with E-state index in [1.807, 2.05) is 12.1 Å². The fraction of sp³-hybridized carbons (Fsp3) is 0.562.